The number of rotatable bonds is 5. The zero-order valence-electron chi connectivity index (χ0n) is 18.4. The summed E-state index contributed by atoms with van der Waals surface area (Å²) in [4.78, 5) is 21.9. The average molecular weight is 428 g/mol. The second-order valence-corrected chi connectivity index (χ2v) is 8.64. The Morgan fingerprint density at radius 1 is 1.12 bits per heavy atom. The van der Waals surface area contributed by atoms with Crippen molar-refractivity contribution in [2.75, 3.05) is 5.73 Å². The van der Waals surface area contributed by atoms with Gasteiger partial charge in [-0.05, 0) is 69.0 Å². The number of pyridine rings is 2. The van der Waals surface area contributed by atoms with Crippen LogP contribution < -0.4 is 11.1 Å². The lowest BCUT2D eigenvalue weighted by Gasteiger charge is -2.21. The third kappa shape index (κ3) is 3.68. The van der Waals surface area contributed by atoms with Crippen LogP contribution in [0, 0.1) is 20.8 Å². The lowest BCUT2D eigenvalue weighted by molar-refractivity contribution is 0.0925. The smallest absolute Gasteiger partial charge is 0.274 e. The predicted molar refractivity (Wildman–Crippen MR) is 122 cm³/mol. The summed E-state index contributed by atoms with van der Waals surface area (Å²) in [6.45, 7) is 6.44. The van der Waals surface area contributed by atoms with Gasteiger partial charge in [0, 0.05) is 22.3 Å². The van der Waals surface area contributed by atoms with Gasteiger partial charge in [-0.2, -0.15) is 0 Å². The summed E-state index contributed by atoms with van der Waals surface area (Å²) in [5, 5.41) is 12.5. The van der Waals surface area contributed by atoms with E-state index in [1.54, 1.807) is 10.9 Å². The number of aryl methyl sites for hydroxylation is 3. The van der Waals surface area contributed by atoms with Crippen molar-refractivity contribution in [1.82, 2.24) is 30.3 Å². The molecule has 32 heavy (non-hydrogen) atoms. The van der Waals surface area contributed by atoms with E-state index in [1.807, 2.05) is 45.0 Å². The molecule has 0 unspecified atom stereocenters. The summed E-state index contributed by atoms with van der Waals surface area (Å²) < 4.78 is 1.68. The fourth-order valence-electron chi connectivity index (χ4n) is 4.47. The molecule has 4 aromatic rings. The number of aromatic nitrogens is 5. The summed E-state index contributed by atoms with van der Waals surface area (Å²) in [6, 6.07) is 12.0. The number of carbonyl (C=O) groups is 1. The first kappa shape index (κ1) is 20.1. The monoisotopic (exact) mass is 427 g/mol. The normalized spacial score (nSPS) is 14.5. The Labute approximate surface area is 185 Å². The number of hydrogen-bond acceptors (Lipinski definition) is 6. The molecular weight excluding hydrogens is 402 g/mol. The Kier molecular flexibility index (Phi) is 4.65. The van der Waals surface area contributed by atoms with Gasteiger partial charge in [-0.25, -0.2) is 9.67 Å². The molecule has 3 heterocycles. The van der Waals surface area contributed by atoms with Crippen LogP contribution in [0.25, 0.3) is 10.9 Å². The van der Waals surface area contributed by atoms with Crippen LogP contribution in [-0.4, -0.2) is 30.9 Å². The van der Waals surface area contributed by atoms with Crippen LogP contribution >= 0.6 is 0 Å². The molecule has 3 N–H and O–H groups in total. The Balaban J connectivity index is 1.33. The van der Waals surface area contributed by atoms with Crippen molar-refractivity contribution in [1.29, 1.82) is 0 Å². The molecule has 0 spiro atoms. The number of nitrogens with zero attached hydrogens (tertiary/aromatic N) is 5. The van der Waals surface area contributed by atoms with E-state index in [0.717, 1.165) is 51.8 Å². The number of fused-ring (bicyclic) bond motifs is 1. The fraction of sp³-hybridized carbons (Fsp3) is 0.292. The van der Waals surface area contributed by atoms with Crippen LogP contribution in [0.4, 0.5) is 5.82 Å². The van der Waals surface area contributed by atoms with Crippen molar-refractivity contribution in [3.8, 4) is 0 Å². The van der Waals surface area contributed by atoms with E-state index >= 15 is 0 Å². The number of nitrogen functional groups attached to an aromatic ring is 1. The first-order valence-electron chi connectivity index (χ1n) is 10.7. The maximum Gasteiger partial charge on any atom is 0.274 e. The van der Waals surface area contributed by atoms with Gasteiger partial charge in [0.25, 0.3) is 5.91 Å². The Morgan fingerprint density at radius 2 is 1.94 bits per heavy atom. The third-order valence-electron chi connectivity index (χ3n) is 6.01. The van der Waals surface area contributed by atoms with E-state index in [1.165, 1.54) is 0 Å². The molecule has 1 aliphatic carbocycles. The van der Waals surface area contributed by atoms with Gasteiger partial charge in [0.15, 0.2) is 5.69 Å². The van der Waals surface area contributed by atoms with Crippen LogP contribution in [-0.2, 0) is 12.1 Å². The van der Waals surface area contributed by atoms with Crippen LogP contribution in [0.5, 0.6) is 0 Å². The number of nitrogens with one attached hydrogen (secondary N) is 1. The van der Waals surface area contributed by atoms with Crippen molar-refractivity contribution < 1.29 is 4.79 Å². The van der Waals surface area contributed by atoms with Crippen molar-refractivity contribution >= 4 is 22.6 Å². The predicted octanol–water partition coefficient (Wildman–Crippen LogP) is 3.20. The van der Waals surface area contributed by atoms with E-state index in [-0.39, 0.29) is 5.91 Å². The highest BCUT2D eigenvalue weighted by molar-refractivity contribution is 5.93. The van der Waals surface area contributed by atoms with Gasteiger partial charge in [0.2, 0.25) is 0 Å². The topological polar surface area (TPSA) is 112 Å². The molecule has 5 rings (SSSR count). The van der Waals surface area contributed by atoms with Crippen LogP contribution in [0.3, 0.4) is 0 Å². The molecule has 1 amide bonds. The Morgan fingerprint density at radius 3 is 2.69 bits per heavy atom. The van der Waals surface area contributed by atoms with Crippen LogP contribution in [0.1, 0.15) is 51.4 Å². The summed E-state index contributed by atoms with van der Waals surface area (Å²) >= 11 is 0. The maximum atomic E-state index is 13.0. The van der Waals surface area contributed by atoms with Gasteiger partial charge < -0.3 is 11.1 Å². The number of carbonyl (C=O) groups excluding carboxylic acids is 1. The highest BCUT2D eigenvalue weighted by Crippen LogP contribution is 2.48. The van der Waals surface area contributed by atoms with Gasteiger partial charge in [-0.15, -0.1) is 5.10 Å². The molecule has 0 aliphatic heterocycles. The van der Waals surface area contributed by atoms with Crippen molar-refractivity contribution in [2.24, 2.45) is 0 Å². The molecule has 0 radical (unpaired) electrons. The second-order valence-electron chi connectivity index (χ2n) is 8.64. The van der Waals surface area contributed by atoms with E-state index in [4.69, 9.17) is 5.73 Å². The highest BCUT2D eigenvalue weighted by atomic mass is 16.2. The van der Waals surface area contributed by atoms with Crippen molar-refractivity contribution in [3.63, 3.8) is 0 Å². The first-order chi connectivity index (χ1) is 15.3. The van der Waals surface area contributed by atoms with Gasteiger partial charge in [0.05, 0.1) is 23.8 Å². The van der Waals surface area contributed by atoms with Gasteiger partial charge in [0.1, 0.15) is 5.82 Å². The minimum atomic E-state index is -0.404. The van der Waals surface area contributed by atoms with Gasteiger partial charge in [-0.3, -0.25) is 9.78 Å². The number of hydrogen-bond donors (Lipinski definition) is 2. The summed E-state index contributed by atoms with van der Waals surface area (Å²) in [5.74, 6) is 0.260. The van der Waals surface area contributed by atoms with Crippen LogP contribution in [0.15, 0.2) is 42.6 Å². The molecule has 162 valence electrons. The third-order valence-corrected chi connectivity index (χ3v) is 6.01. The molecule has 1 aromatic carbocycles. The largest absolute Gasteiger partial charge is 0.384 e. The zero-order valence-corrected chi connectivity index (χ0v) is 18.4. The minimum absolute atomic E-state index is 0.234. The summed E-state index contributed by atoms with van der Waals surface area (Å²) in [6.07, 6.45) is 3.42. The van der Waals surface area contributed by atoms with Gasteiger partial charge in [-0.1, -0.05) is 17.3 Å². The highest BCUT2D eigenvalue weighted by Gasteiger charge is 2.48. The molecule has 1 aliphatic rings. The number of benzene rings is 1. The quantitative estimate of drug-likeness (QED) is 0.506. The lowest BCUT2D eigenvalue weighted by atomic mass is 9.97. The number of anilines is 1. The molecule has 3 aromatic heterocycles. The molecule has 0 saturated heterocycles. The molecule has 8 nitrogen and oxygen atoms in total. The number of amides is 1. The second kappa shape index (κ2) is 7.40. The standard InChI is InChI=1S/C24H25N7O/c1-14-10-21(25)27-16(3)22(14)24(8-9-24)28-23(32)20-13-31(30-29-20)12-17-5-7-19-18(11-17)6-4-15(2)26-19/h4-7,10-11,13H,8-9,12H2,1-3H3,(H2,25,27)(H,28,32). The molecular formula is C24H25N7O. The Hall–Kier alpha value is -3.81. The van der Waals surface area contributed by atoms with Gasteiger partial charge >= 0.3 is 0 Å². The molecule has 1 fully saturated rings. The average Bonchev–Trinajstić information content (AvgIpc) is 3.33. The molecule has 1 saturated carbocycles. The van der Waals surface area contributed by atoms with E-state index in [2.05, 4.69) is 37.7 Å². The molecule has 8 heteroatoms. The molecule has 0 atom stereocenters. The summed E-state index contributed by atoms with van der Waals surface area (Å²) in [7, 11) is 0. The molecule has 0 bridgehead atoms. The van der Waals surface area contributed by atoms with E-state index in [9.17, 15) is 4.79 Å². The Bertz CT molecular complexity index is 1330. The summed E-state index contributed by atoms with van der Waals surface area (Å²) in [5.41, 5.74) is 11.7. The first-order valence-corrected chi connectivity index (χ1v) is 10.7. The zero-order chi connectivity index (χ0) is 22.5. The fourth-order valence-corrected chi connectivity index (χ4v) is 4.47. The van der Waals surface area contributed by atoms with Crippen molar-refractivity contribution in [2.45, 2.75) is 45.7 Å². The van der Waals surface area contributed by atoms with E-state index in [0.29, 0.717) is 18.1 Å². The maximum absolute atomic E-state index is 13.0. The number of nitrogens with two attached hydrogens (primary N) is 1. The van der Waals surface area contributed by atoms with Crippen molar-refractivity contribution in [3.05, 3.63) is 76.4 Å². The SMILES string of the molecule is Cc1ccc2cc(Cn3cc(C(=O)NC4(c5c(C)cc(N)nc5C)CC4)nn3)ccc2n1. The minimum Gasteiger partial charge on any atom is -0.384 e. The van der Waals surface area contributed by atoms with E-state index < -0.39 is 5.54 Å². The van der Waals surface area contributed by atoms with Crippen LogP contribution in [0.2, 0.25) is 0 Å². The lowest BCUT2D eigenvalue weighted by Crippen LogP contribution is -2.36.